The number of furan rings is 1. The molecule has 0 radical (unpaired) electrons. The van der Waals surface area contributed by atoms with Gasteiger partial charge in [0.05, 0.1) is 19.7 Å². The van der Waals surface area contributed by atoms with Gasteiger partial charge in [0, 0.05) is 19.6 Å². The van der Waals surface area contributed by atoms with E-state index < -0.39 is 6.04 Å². The van der Waals surface area contributed by atoms with Gasteiger partial charge in [-0.25, -0.2) is 0 Å². The number of carbonyl (C=O) groups excluding carboxylic acids is 2. The van der Waals surface area contributed by atoms with Gasteiger partial charge in [-0.05, 0) is 70.8 Å². The molecule has 0 unspecified atom stereocenters. The minimum Gasteiger partial charge on any atom is -0.465 e. The molecule has 1 amide bonds. The second kappa shape index (κ2) is 14.0. The van der Waals surface area contributed by atoms with E-state index in [1.165, 1.54) is 24.8 Å². The number of benzene rings is 1. The van der Waals surface area contributed by atoms with Gasteiger partial charge in [-0.2, -0.15) is 0 Å². The molecule has 0 spiro atoms. The van der Waals surface area contributed by atoms with Crippen LogP contribution < -0.4 is 0 Å². The standard InChI is InChI=1S/C28H41N3O4/c1-4-34-28(33)24(3)30(20-19-29-16-9-6-10-17-29)22-27(32)31(21-26-14-13-23(2)35-26)18-15-25-11-7-5-8-12-25/h5,7-8,11-14,24H,4,6,9-10,15-22H2,1-3H3/t24-/m0/s1. The van der Waals surface area contributed by atoms with E-state index in [1.807, 2.05) is 60.9 Å². The van der Waals surface area contributed by atoms with Crippen molar-refractivity contribution in [1.29, 1.82) is 0 Å². The monoisotopic (exact) mass is 483 g/mol. The fraction of sp³-hybridized carbons (Fsp3) is 0.571. The van der Waals surface area contributed by atoms with Gasteiger partial charge in [0.15, 0.2) is 0 Å². The van der Waals surface area contributed by atoms with Crippen molar-refractivity contribution in [3.63, 3.8) is 0 Å². The lowest BCUT2D eigenvalue weighted by molar-refractivity contribution is -0.150. The number of nitrogens with zero attached hydrogens (tertiary/aromatic N) is 3. The number of hydrogen-bond acceptors (Lipinski definition) is 6. The molecule has 1 aliphatic rings. The maximum absolute atomic E-state index is 13.6. The zero-order valence-corrected chi connectivity index (χ0v) is 21.6. The number of likely N-dealkylation sites (tertiary alicyclic amines) is 1. The van der Waals surface area contributed by atoms with Crippen molar-refractivity contribution >= 4 is 11.9 Å². The quantitative estimate of drug-likeness (QED) is 0.403. The minimum absolute atomic E-state index is 0.00947. The Hall–Kier alpha value is -2.64. The lowest BCUT2D eigenvalue weighted by Gasteiger charge is -2.33. The summed E-state index contributed by atoms with van der Waals surface area (Å²) in [6.45, 7) is 10.7. The number of amides is 1. The normalized spacial score (nSPS) is 15.2. The predicted molar refractivity (Wildman–Crippen MR) is 137 cm³/mol. The highest BCUT2D eigenvalue weighted by molar-refractivity contribution is 5.80. The molecule has 0 bridgehead atoms. The molecule has 0 saturated carbocycles. The molecular formula is C28H41N3O4. The highest BCUT2D eigenvalue weighted by Crippen LogP contribution is 2.14. The summed E-state index contributed by atoms with van der Waals surface area (Å²) >= 11 is 0. The van der Waals surface area contributed by atoms with Crippen molar-refractivity contribution in [3.8, 4) is 0 Å². The lowest BCUT2D eigenvalue weighted by Crippen LogP contribution is -2.50. The number of piperidine rings is 1. The van der Waals surface area contributed by atoms with Crippen LogP contribution in [0.4, 0.5) is 0 Å². The Morgan fingerprint density at radius 2 is 1.80 bits per heavy atom. The molecule has 1 aliphatic heterocycles. The fourth-order valence-corrected chi connectivity index (χ4v) is 4.51. The summed E-state index contributed by atoms with van der Waals surface area (Å²) in [6.07, 6.45) is 4.46. The van der Waals surface area contributed by atoms with Crippen LogP contribution in [0.5, 0.6) is 0 Å². The van der Waals surface area contributed by atoms with Crippen LogP contribution in [-0.4, -0.2) is 78.5 Å². The molecule has 3 rings (SSSR count). The van der Waals surface area contributed by atoms with Gasteiger partial charge in [0.2, 0.25) is 5.91 Å². The van der Waals surface area contributed by atoms with E-state index in [2.05, 4.69) is 17.0 Å². The number of aryl methyl sites for hydroxylation is 1. The van der Waals surface area contributed by atoms with Crippen LogP contribution in [0.25, 0.3) is 0 Å². The van der Waals surface area contributed by atoms with Crippen molar-refractivity contribution in [2.45, 2.75) is 59.0 Å². The Morgan fingerprint density at radius 1 is 1.06 bits per heavy atom. The first-order chi connectivity index (χ1) is 17.0. The Bertz CT molecular complexity index is 908. The van der Waals surface area contributed by atoms with E-state index in [-0.39, 0.29) is 18.4 Å². The molecule has 192 valence electrons. The van der Waals surface area contributed by atoms with E-state index in [4.69, 9.17) is 9.15 Å². The number of hydrogen-bond donors (Lipinski definition) is 0. The zero-order chi connectivity index (χ0) is 25.0. The van der Waals surface area contributed by atoms with Crippen LogP contribution in [0.3, 0.4) is 0 Å². The van der Waals surface area contributed by atoms with Crippen LogP contribution in [0.2, 0.25) is 0 Å². The molecule has 35 heavy (non-hydrogen) atoms. The SMILES string of the molecule is CCOC(=O)[C@H](C)N(CCN1CCCCC1)CC(=O)N(CCc1ccccc1)Cc1ccc(C)o1. The Morgan fingerprint density at radius 3 is 2.46 bits per heavy atom. The highest BCUT2D eigenvalue weighted by atomic mass is 16.5. The first-order valence-corrected chi connectivity index (χ1v) is 13.0. The third kappa shape index (κ3) is 8.82. The van der Waals surface area contributed by atoms with Gasteiger partial charge in [-0.1, -0.05) is 36.8 Å². The fourth-order valence-electron chi connectivity index (χ4n) is 4.51. The molecule has 1 saturated heterocycles. The first-order valence-electron chi connectivity index (χ1n) is 13.0. The minimum atomic E-state index is -0.481. The van der Waals surface area contributed by atoms with E-state index in [0.29, 0.717) is 26.2 Å². The Kier molecular flexibility index (Phi) is 10.8. The summed E-state index contributed by atoms with van der Waals surface area (Å²) in [5.74, 6) is 1.30. The van der Waals surface area contributed by atoms with Crippen molar-refractivity contribution in [2.75, 3.05) is 45.9 Å². The maximum Gasteiger partial charge on any atom is 0.323 e. The largest absolute Gasteiger partial charge is 0.465 e. The maximum atomic E-state index is 13.6. The van der Waals surface area contributed by atoms with E-state index in [0.717, 1.165) is 37.6 Å². The first kappa shape index (κ1) is 27.0. The molecular weight excluding hydrogens is 442 g/mol. The van der Waals surface area contributed by atoms with Crippen LogP contribution in [0, 0.1) is 6.92 Å². The molecule has 0 N–H and O–H groups in total. The lowest BCUT2D eigenvalue weighted by atomic mass is 10.1. The van der Waals surface area contributed by atoms with Gasteiger partial charge in [0.25, 0.3) is 0 Å². The summed E-state index contributed by atoms with van der Waals surface area (Å²) in [5, 5.41) is 0. The topological polar surface area (TPSA) is 66.2 Å². The van der Waals surface area contributed by atoms with Gasteiger partial charge in [0.1, 0.15) is 17.6 Å². The van der Waals surface area contributed by atoms with Crippen molar-refractivity contribution in [1.82, 2.24) is 14.7 Å². The van der Waals surface area contributed by atoms with Crippen LogP contribution >= 0.6 is 0 Å². The molecule has 2 heterocycles. The number of ether oxygens (including phenoxy) is 1. The third-order valence-electron chi connectivity index (χ3n) is 6.67. The Balaban J connectivity index is 1.70. The molecule has 7 nitrogen and oxygen atoms in total. The van der Waals surface area contributed by atoms with E-state index in [1.54, 1.807) is 0 Å². The van der Waals surface area contributed by atoms with Gasteiger partial charge >= 0.3 is 5.97 Å². The molecule has 1 aromatic heterocycles. The molecule has 7 heteroatoms. The molecule has 2 aromatic rings. The summed E-state index contributed by atoms with van der Waals surface area (Å²) in [6, 6.07) is 13.5. The molecule has 1 aromatic carbocycles. The molecule has 1 fully saturated rings. The van der Waals surface area contributed by atoms with Crippen molar-refractivity contribution < 1.29 is 18.7 Å². The number of esters is 1. The smallest absolute Gasteiger partial charge is 0.323 e. The van der Waals surface area contributed by atoms with E-state index >= 15 is 0 Å². The predicted octanol–water partition coefficient (Wildman–Crippen LogP) is 3.90. The Labute approximate surface area is 210 Å². The van der Waals surface area contributed by atoms with Gasteiger partial charge < -0.3 is 19.0 Å². The van der Waals surface area contributed by atoms with Gasteiger partial charge in [-0.3, -0.25) is 14.5 Å². The zero-order valence-electron chi connectivity index (χ0n) is 21.6. The average molecular weight is 484 g/mol. The van der Waals surface area contributed by atoms with Crippen LogP contribution in [0.1, 0.15) is 50.2 Å². The van der Waals surface area contributed by atoms with Crippen LogP contribution in [-0.2, 0) is 27.3 Å². The summed E-state index contributed by atoms with van der Waals surface area (Å²) < 4.78 is 11.1. The van der Waals surface area contributed by atoms with Gasteiger partial charge in [-0.15, -0.1) is 0 Å². The third-order valence-corrected chi connectivity index (χ3v) is 6.67. The van der Waals surface area contributed by atoms with E-state index in [9.17, 15) is 9.59 Å². The molecule has 0 aliphatic carbocycles. The number of rotatable bonds is 13. The summed E-state index contributed by atoms with van der Waals surface area (Å²) in [4.78, 5) is 32.4. The number of carbonyl (C=O) groups is 2. The molecule has 1 atom stereocenters. The average Bonchev–Trinajstić information content (AvgIpc) is 3.29. The highest BCUT2D eigenvalue weighted by Gasteiger charge is 2.27. The summed E-state index contributed by atoms with van der Waals surface area (Å²) in [7, 11) is 0. The van der Waals surface area contributed by atoms with Crippen molar-refractivity contribution in [3.05, 3.63) is 59.5 Å². The second-order valence-electron chi connectivity index (χ2n) is 9.36. The summed E-state index contributed by atoms with van der Waals surface area (Å²) in [5.41, 5.74) is 1.18. The second-order valence-corrected chi connectivity index (χ2v) is 9.36. The van der Waals surface area contributed by atoms with Crippen LogP contribution in [0.15, 0.2) is 46.9 Å². The van der Waals surface area contributed by atoms with Crippen molar-refractivity contribution in [2.24, 2.45) is 0 Å².